The van der Waals surface area contributed by atoms with Gasteiger partial charge >= 0.3 is 6.18 Å². The summed E-state index contributed by atoms with van der Waals surface area (Å²) in [7, 11) is 0. The number of rotatable bonds is 11. The smallest absolute Gasteiger partial charge is 0.416 e. The zero-order chi connectivity index (χ0) is 27.1. The monoisotopic (exact) mass is 527 g/mol. The largest absolute Gasteiger partial charge is 0.493 e. The van der Waals surface area contributed by atoms with Gasteiger partial charge in [-0.3, -0.25) is 4.79 Å². The predicted molar refractivity (Wildman–Crippen MR) is 133 cm³/mol. The molecule has 0 N–H and O–H groups in total. The SMILES string of the molecule is Cc1cc(CCc2coc(/C=C/c3ccc(C(F)(F)F)cc3F)n2)ccc1OCCCn1ccnc1C=O. The number of carbonyl (C=O) groups excluding carboxylic acids is 1. The molecule has 198 valence electrons. The molecule has 2 aromatic heterocycles. The molecule has 6 nitrogen and oxygen atoms in total. The third-order valence-electron chi connectivity index (χ3n) is 5.87. The summed E-state index contributed by atoms with van der Waals surface area (Å²) in [6.07, 6.45) is 5.76. The van der Waals surface area contributed by atoms with E-state index in [2.05, 4.69) is 9.97 Å². The van der Waals surface area contributed by atoms with E-state index in [4.69, 9.17) is 9.15 Å². The number of aldehydes is 1. The van der Waals surface area contributed by atoms with Gasteiger partial charge < -0.3 is 13.7 Å². The molecule has 0 spiro atoms. The molecule has 38 heavy (non-hydrogen) atoms. The van der Waals surface area contributed by atoms with E-state index in [1.54, 1.807) is 17.0 Å². The normalized spacial score (nSPS) is 11.8. The number of carbonyl (C=O) groups is 1. The summed E-state index contributed by atoms with van der Waals surface area (Å²) in [6.45, 7) is 3.11. The Hall–Kier alpha value is -4.21. The molecule has 10 heteroatoms. The molecule has 0 radical (unpaired) electrons. The highest BCUT2D eigenvalue weighted by Gasteiger charge is 2.31. The van der Waals surface area contributed by atoms with Gasteiger partial charge in [-0.25, -0.2) is 14.4 Å². The van der Waals surface area contributed by atoms with Crippen LogP contribution in [0.3, 0.4) is 0 Å². The van der Waals surface area contributed by atoms with Crippen LogP contribution >= 0.6 is 0 Å². The molecule has 0 unspecified atom stereocenters. The van der Waals surface area contributed by atoms with Gasteiger partial charge in [0.2, 0.25) is 5.89 Å². The van der Waals surface area contributed by atoms with Gasteiger partial charge in [0.25, 0.3) is 0 Å². The van der Waals surface area contributed by atoms with E-state index in [1.807, 2.05) is 25.1 Å². The van der Waals surface area contributed by atoms with Crippen LogP contribution in [0.1, 0.15) is 50.9 Å². The van der Waals surface area contributed by atoms with Gasteiger partial charge in [-0.05, 0) is 61.6 Å². The first kappa shape index (κ1) is 26.8. The standard InChI is InChI=1S/C28H25F4N3O3/c1-19-15-20(4-9-25(19)37-14-2-12-35-13-11-33-26(35)17-36)3-8-23-18-38-27(34-23)10-6-21-5-7-22(16-24(21)29)28(30,31)32/h4-7,9-11,13,15-18H,2-3,8,12,14H2,1H3/b10-6+. The van der Waals surface area contributed by atoms with E-state index in [0.29, 0.717) is 43.6 Å². The maximum atomic E-state index is 14.0. The first-order valence-electron chi connectivity index (χ1n) is 11.9. The molecule has 0 saturated carbocycles. The fraction of sp³-hybridized carbons (Fsp3) is 0.250. The fourth-order valence-electron chi connectivity index (χ4n) is 3.86. The van der Waals surface area contributed by atoms with Crippen LogP contribution in [0.5, 0.6) is 5.75 Å². The topological polar surface area (TPSA) is 70.2 Å². The summed E-state index contributed by atoms with van der Waals surface area (Å²) in [4.78, 5) is 19.2. The third-order valence-corrected chi connectivity index (χ3v) is 5.87. The second-order valence-corrected chi connectivity index (χ2v) is 8.64. The van der Waals surface area contributed by atoms with Crippen LogP contribution in [-0.4, -0.2) is 27.4 Å². The summed E-state index contributed by atoms with van der Waals surface area (Å²) in [5.41, 5.74) is 1.75. The molecule has 4 rings (SSSR count). The Bertz CT molecular complexity index is 1420. The van der Waals surface area contributed by atoms with Gasteiger partial charge in [-0.1, -0.05) is 18.2 Å². The molecule has 0 saturated heterocycles. The predicted octanol–water partition coefficient (Wildman–Crippen LogP) is 6.57. The lowest BCUT2D eigenvalue weighted by atomic mass is 10.1. The minimum atomic E-state index is -4.60. The summed E-state index contributed by atoms with van der Waals surface area (Å²) in [6, 6.07) is 8.31. The Balaban J connectivity index is 1.26. The van der Waals surface area contributed by atoms with Crippen LogP contribution in [0.4, 0.5) is 17.6 Å². The highest BCUT2D eigenvalue weighted by molar-refractivity contribution is 5.69. The minimum absolute atomic E-state index is 0.00276. The molecule has 0 aliphatic heterocycles. The maximum absolute atomic E-state index is 14.0. The maximum Gasteiger partial charge on any atom is 0.416 e. The quantitative estimate of drug-likeness (QED) is 0.125. The number of hydrogen-bond donors (Lipinski definition) is 0. The summed E-state index contributed by atoms with van der Waals surface area (Å²) in [5, 5.41) is 0. The second-order valence-electron chi connectivity index (χ2n) is 8.64. The van der Waals surface area contributed by atoms with Gasteiger partial charge in [-0.2, -0.15) is 13.2 Å². The van der Waals surface area contributed by atoms with E-state index < -0.39 is 17.6 Å². The van der Waals surface area contributed by atoms with Crippen molar-refractivity contribution in [1.82, 2.24) is 14.5 Å². The lowest BCUT2D eigenvalue weighted by Gasteiger charge is -2.11. The molecule has 0 atom stereocenters. The summed E-state index contributed by atoms with van der Waals surface area (Å²) >= 11 is 0. The summed E-state index contributed by atoms with van der Waals surface area (Å²) < 4.78 is 65.1. The van der Waals surface area contributed by atoms with Crippen molar-refractivity contribution in [2.45, 2.75) is 38.9 Å². The van der Waals surface area contributed by atoms with Crippen molar-refractivity contribution in [3.05, 3.63) is 101 Å². The Kier molecular flexibility index (Phi) is 8.40. The minimum Gasteiger partial charge on any atom is -0.493 e. The van der Waals surface area contributed by atoms with Crippen molar-refractivity contribution in [2.24, 2.45) is 0 Å². The number of aryl methyl sites for hydroxylation is 4. The second kappa shape index (κ2) is 11.9. The summed E-state index contributed by atoms with van der Waals surface area (Å²) in [5.74, 6) is 0.444. The number of ether oxygens (including phenoxy) is 1. The average Bonchev–Trinajstić information content (AvgIpc) is 3.54. The number of nitrogens with zero attached hydrogens (tertiary/aromatic N) is 3. The van der Waals surface area contributed by atoms with Gasteiger partial charge in [-0.15, -0.1) is 0 Å². The van der Waals surface area contributed by atoms with Crippen LogP contribution in [-0.2, 0) is 25.6 Å². The van der Waals surface area contributed by atoms with Gasteiger partial charge in [0.15, 0.2) is 12.1 Å². The van der Waals surface area contributed by atoms with E-state index >= 15 is 0 Å². The fourth-order valence-corrected chi connectivity index (χ4v) is 3.86. The van der Waals surface area contributed by atoms with E-state index in [-0.39, 0.29) is 11.5 Å². The number of imidazole rings is 1. The zero-order valence-electron chi connectivity index (χ0n) is 20.5. The van der Waals surface area contributed by atoms with Crippen molar-refractivity contribution in [3.63, 3.8) is 0 Å². The van der Waals surface area contributed by atoms with Crippen molar-refractivity contribution >= 4 is 18.4 Å². The van der Waals surface area contributed by atoms with Crippen LogP contribution in [0, 0.1) is 12.7 Å². The van der Waals surface area contributed by atoms with Crippen LogP contribution < -0.4 is 4.74 Å². The van der Waals surface area contributed by atoms with E-state index in [0.717, 1.165) is 41.7 Å². The van der Waals surface area contributed by atoms with Crippen molar-refractivity contribution in [2.75, 3.05) is 6.61 Å². The van der Waals surface area contributed by atoms with Crippen LogP contribution in [0.25, 0.3) is 12.2 Å². The van der Waals surface area contributed by atoms with Crippen molar-refractivity contribution < 1.29 is 31.5 Å². The third kappa shape index (κ3) is 6.96. The van der Waals surface area contributed by atoms with Crippen molar-refractivity contribution in [1.29, 1.82) is 0 Å². The van der Waals surface area contributed by atoms with Crippen molar-refractivity contribution in [3.8, 4) is 5.75 Å². The van der Waals surface area contributed by atoms with Gasteiger partial charge in [0.05, 0.1) is 17.9 Å². The first-order chi connectivity index (χ1) is 18.2. The van der Waals surface area contributed by atoms with Crippen LogP contribution in [0.15, 0.2) is 59.5 Å². The highest BCUT2D eigenvalue weighted by atomic mass is 19.4. The molecule has 0 fully saturated rings. The molecule has 0 aliphatic rings. The molecule has 0 aliphatic carbocycles. The average molecular weight is 528 g/mol. The number of benzene rings is 2. The van der Waals surface area contributed by atoms with Gasteiger partial charge in [0.1, 0.15) is 17.8 Å². The Morgan fingerprint density at radius 3 is 2.68 bits per heavy atom. The first-order valence-corrected chi connectivity index (χ1v) is 11.9. The Morgan fingerprint density at radius 2 is 1.95 bits per heavy atom. The Labute approximate surface area is 216 Å². The molecule has 2 heterocycles. The Morgan fingerprint density at radius 1 is 1.11 bits per heavy atom. The number of aromatic nitrogens is 3. The van der Waals surface area contributed by atoms with E-state index in [1.165, 1.54) is 18.4 Å². The lowest BCUT2D eigenvalue weighted by Crippen LogP contribution is -2.07. The molecule has 2 aromatic carbocycles. The van der Waals surface area contributed by atoms with E-state index in [9.17, 15) is 22.4 Å². The number of alkyl halides is 3. The van der Waals surface area contributed by atoms with Gasteiger partial charge in [0, 0.05) is 30.6 Å². The number of halogens is 4. The molecule has 0 bridgehead atoms. The zero-order valence-corrected chi connectivity index (χ0v) is 20.5. The number of oxazole rings is 1. The molecular weight excluding hydrogens is 502 g/mol. The number of hydrogen-bond acceptors (Lipinski definition) is 5. The molecule has 4 aromatic rings. The van der Waals surface area contributed by atoms with Crippen LogP contribution in [0.2, 0.25) is 0 Å². The highest BCUT2D eigenvalue weighted by Crippen LogP contribution is 2.30. The lowest BCUT2D eigenvalue weighted by molar-refractivity contribution is -0.137. The molecular formula is C28H25F4N3O3. The molecule has 0 amide bonds.